The summed E-state index contributed by atoms with van der Waals surface area (Å²) >= 11 is 0. The number of benzene rings is 2. The van der Waals surface area contributed by atoms with Crippen molar-refractivity contribution in [3.05, 3.63) is 54.1 Å². The van der Waals surface area contributed by atoms with Gasteiger partial charge < -0.3 is 15.8 Å². The first kappa shape index (κ1) is 20.4. The molecule has 0 saturated carbocycles. The quantitative estimate of drug-likeness (QED) is 0.619. The van der Waals surface area contributed by atoms with E-state index in [4.69, 9.17) is 10.5 Å². The Labute approximate surface area is 157 Å². The molecule has 2 rings (SSSR count). The average molecular weight is 391 g/mol. The Morgan fingerprint density at radius 1 is 1.07 bits per heavy atom. The molecule has 0 aliphatic carbocycles. The number of carbonyl (C=O) groups excluding carboxylic acids is 2. The van der Waals surface area contributed by atoms with Gasteiger partial charge in [-0.1, -0.05) is 12.1 Å². The van der Waals surface area contributed by atoms with Gasteiger partial charge in [-0.15, -0.1) is 0 Å². The molecule has 1 atom stereocenters. The number of carbonyl (C=O) groups is 2. The van der Waals surface area contributed by atoms with E-state index in [0.717, 1.165) is 0 Å². The minimum Gasteiger partial charge on any atom is -0.497 e. The lowest BCUT2D eigenvalue weighted by Crippen LogP contribution is -2.41. The van der Waals surface area contributed by atoms with Gasteiger partial charge in [0.15, 0.2) is 0 Å². The van der Waals surface area contributed by atoms with E-state index in [-0.39, 0.29) is 11.3 Å². The third-order valence-electron chi connectivity index (χ3n) is 3.69. The van der Waals surface area contributed by atoms with E-state index in [1.54, 1.807) is 24.3 Å². The highest BCUT2D eigenvalue weighted by Gasteiger charge is 2.22. The largest absolute Gasteiger partial charge is 0.497 e. The molecule has 4 N–H and O–H groups in total. The first-order chi connectivity index (χ1) is 12.7. The van der Waals surface area contributed by atoms with Crippen molar-refractivity contribution in [3.8, 4) is 5.75 Å². The fourth-order valence-corrected chi connectivity index (χ4v) is 3.47. The first-order valence-electron chi connectivity index (χ1n) is 8.06. The fraction of sp³-hybridized carbons (Fsp3) is 0.222. The van der Waals surface area contributed by atoms with E-state index in [0.29, 0.717) is 17.0 Å². The van der Waals surface area contributed by atoms with Crippen molar-refractivity contribution in [1.29, 1.82) is 0 Å². The molecule has 0 heterocycles. The number of sulfonamides is 1. The minimum atomic E-state index is -3.86. The van der Waals surface area contributed by atoms with Gasteiger partial charge in [0, 0.05) is 5.69 Å². The van der Waals surface area contributed by atoms with E-state index in [1.165, 1.54) is 38.3 Å². The van der Waals surface area contributed by atoms with Crippen LogP contribution in [0.4, 0.5) is 5.69 Å². The summed E-state index contributed by atoms with van der Waals surface area (Å²) in [5.41, 5.74) is 6.32. The van der Waals surface area contributed by atoms with Gasteiger partial charge in [0.1, 0.15) is 5.75 Å². The fourth-order valence-electron chi connectivity index (χ4n) is 2.27. The number of anilines is 1. The van der Waals surface area contributed by atoms with Gasteiger partial charge in [-0.2, -0.15) is 4.72 Å². The van der Waals surface area contributed by atoms with Gasteiger partial charge in [0.25, 0.3) is 0 Å². The molecular weight excluding hydrogens is 370 g/mol. The van der Waals surface area contributed by atoms with Gasteiger partial charge in [0.2, 0.25) is 21.8 Å². The Hall–Kier alpha value is -2.91. The third-order valence-corrected chi connectivity index (χ3v) is 5.25. The standard InChI is InChI=1S/C18H21N3O5S/c1-12(21-27(24,25)16-9-7-15(26-2)8-10-16)18(23)20-14-5-3-13(4-6-14)11-17(19)22/h3-10,12,21H,11H2,1-2H3,(H2,19,22)(H,20,23)/t12-/m0/s1. The molecule has 0 saturated heterocycles. The van der Waals surface area contributed by atoms with Crippen molar-refractivity contribution >= 4 is 27.5 Å². The second kappa shape index (κ2) is 8.65. The molecule has 2 amide bonds. The molecule has 2 aromatic rings. The Kier molecular flexibility index (Phi) is 6.54. The van der Waals surface area contributed by atoms with E-state index in [1.807, 2.05) is 0 Å². The zero-order valence-corrected chi connectivity index (χ0v) is 15.7. The van der Waals surface area contributed by atoms with Crippen LogP contribution in [0.25, 0.3) is 0 Å². The Balaban J connectivity index is 2.00. The summed E-state index contributed by atoms with van der Waals surface area (Å²) in [5, 5.41) is 2.61. The lowest BCUT2D eigenvalue weighted by molar-refractivity contribution is -0.118. The monoisotopic (exact) mass is 391 g/mol. The van der Waals surface area contributed by atoms with Crippen LogP contribution >= 0.6 is 0 Å². The van der Waals surface area contributed by atoms with E-state index < -0.39 is 27.9 Å². The lowest BCUT2D eigenvalue weighted by Gasteiger charge is -2.15. The Morgan fingerprint density at radius 2 is 1.67 bits per heavy atom. The van der Waals surface area contributed by atoms with Crippen LogP contribution in [0.1, 0.15) is 12.5 Å². The van der Waals surface area contributed by atoms with Crippen molar-refractivity contribution in [2.75, 3.05) is 12.4 Å². The molecule has 0 aromatic heterocycles. The summed E-state index contributed by atoms with van der Waals surface area (Å²) in [4.78, 5) is 23.2. The van der Waals surface area contributed by atoms with Gasteiger partial charge in [0.05, 0.1) is 24.5 Å². The van der Waals surface area contributed by atoms with Crippen LogP contribution in [-0.4, -0.2) is 33.4 Å². The van der Waals surface area contributed by atoms with Crippen LogP contribution in [-0.2, 0) is 26.0 Å². The summed E-state index contributed by atoms with van der Waals surface area (Å²) in [6.07, 6.45) is 0.103. The molecule has 0 bridgehead atoms. The van der Waals surface area contributed by atoms with Crippen molar-refractivity contribution in [1.82, 2.24) is 4.72 Å². The molecule has 27 heavy (non-hydrogen) atoms. The predicted molar refractivity (Wildman–Crippen MR) is 101 cm³/mol. The number of primary amides is 1. The minimum absolute atomic E-state index is 0.0266. The number of nitrogens with two attached hydrogens (primary N) is 1. The normalized spacial score (nSPS) is 12.2. The molecule has 0 fully saturated rings. The van der Waals surface area contributed by atoms with Crippen molar-refractivity contribution in [2.24, 2.45) is 5.73 Å². The maximum atomic E-state index is 12.4. The van der Waals surface area contributed by atoms with Gasteiger partial charge in [-0.3, -0.25) is 9.59 Å². The third kappa shape index (κ3) is 5.80. The lowest BCUT2D eigenvalue weighted by atomic mass is 10.1. The highest BCUT2D eigenvalue weighted by molar-refractivity contribution is 7.89. The Bertz CT molecular complexity index is 909. The van der Waals surface area contributed by atoms with Gasteiger partial charge >= 0.3 is 0 Å². The van der Waals surface area contributed by atoms with Gasteiger partial charge in [-0.05, 0) is 48.9 Å². The molecule has 0 aliphatic heterocycles. The molecule has 9 heteroatoms. The Morgan fingerprint density at radius 3 is 2.19 bits per heavy atom. The smallest absolute Gasteiger partial charge is 0.242 e. The number of hydrogen-bond acceptors (Lipinski definition) is 5. The van der Waals surface area contributed by atoms with Crippen LogP contribution in [0.3, 0.4) is 0 Å². The molecule has 8 nitrogen and oxygen atoms in total. The van der Waals surface area contributed by atoms with Crippen molar-refractivity contribution < 1.29 is 22.7 Å². The summed E-state index contributed by atoms with van der Waals surface area (Å²) in [6, 6.07) is 11.4. The number of amides is 2. The zero-order chi connectivity index (χ0) is 20.0. The number of methoxy groups -OCH3 is 1. The SMILES string of the molecule is COc1ccc(S(=O)(=O)N[C@@H](C)C(=O)Nc2ccc(CC(N)=O)cc2)cc1. The van der Waals surface area contributed by atoms with Crippen LogP contribution in [0.2, 0.25) is 0 Å². The second-order valence-corrected chi connectivity index (χ2v) is 7.56. The van der Waals surface area contributed by atoms with Crippen LogP contribution < -0.4 is 20.5 Å². The zero-order valence-electron chi connectivity index (χ0n) is 14.9. The van der Waals surface area contributed by atoms with Crippen LogP contribution in [0.5, 0.6) is 5.75 Å². The highest BCUT2D eigenvalue weighted by atomic mass is 32.2. The predicted octanol–water partition coefficient (Wildman–Crippen LogP) is 1.03. The summed E-state index contributed by atoms with van der Waals surface area (Å²) < 4.78 is 32.1. The molecule has 0 radical (unpaired) electrons. The molecule has 0 unspecified atom stereocenters. The summed E-state index contributed by atoms with van der Waals surface area (Å²) in [6.45, 7) is 1.44. The molecular formula is C18H21N3O5S. The maximum Gasteiger partial charge on any atom is 0.242 e. The number of rotatable bonds is 8. The number of hydrogen-bond donors (Lipinski definition) is 3. The molecule has 144 valence electrons. The average Bonchev–Trinajstić information content (AvgIpc) is 2.62. The van der Waals surface area contributed by atoms with Crippen molar-refractivity contribution in [2.45, 2.75) is 24.3 Å². The molecule has 0 spiro atoms. The number of nitrogens with one attached hydrogen (secondary N) is 2. The summed E-state index contributed by atoms with van der Waals surface area (Å²) in [5.74, 6) is -0.442. The van der Waals surface area contributed by atoms with Crippen molar-refractivity contribution in [3.63, 3.8) is 0 Å². The maximum absolute atomic E-state index is 12.4. The number of ether oxygens (including phenoxy) is 1. The first-order valence-corrected chi connectivity index (χ1v) is 9.54. The van der Waals surface area contributed by atoms with Crippen LogP contribution in [0, 0.1) is 0 Å². The topological polar surface area (TPSA) is 128 Å². The highest BCUT2D eigenvalue weighted by Crippen LogP contribution is 2.16. The summed E-state index contributed by atoms with van der Waals surface area (Å²) in [7, 11) is -2.38. The molecule has 0 aliphatic rings. The van der Waals surface area contributed by atoms with E-state index >= 15 is 0 Å². The second-order valence-electron chi connectivity index (χ2n) is 5.85. The van der Waals surface area contributed by atoms with E-state index in [2.05, 4.69) is 10.0 Å². The van der Waals surface area contributed by atoms with Gasteiger partial charge in [-0.25, -0.2) is 8.42 Å². The van der Waals surface area contributed by atoms with Crippen LogP contribution in [0.15, 0.2) is 53.4 Å². The van der Waals surface area contributed by atoms with E-state index in [9.17, 15) is 18.0 Å². The molecule has 2 aromatic carbocycles.